The fraction of sp³-hybridized carbons (Fsp3) is 0.371. The van der Waals surface area contributed by atoms with Gasteiger partial charge in [0.15, 0.2) is 5.82 Å². The number of hydrogen-bond acceptors (Lipinski definition) is 6. The second-order valence-electron chi connectivity index (χ2n) is 13.3. The number of nitrogens with zero attached hydrogens (tertiary/aromatic N) is 5. The lowest BCUT2D eigenvalue weighted by molar-refractivity contribution is -0.115. The second-order valence-corrected chi connectivity index (χ2v) is 13.3. The summed E-state index contributed by atoms with van der Waals surface area (Å²) in [5.41, 5.74) is 14.2. The van der Waals surface area contributed by atoms with Crippen molar-refractivity contribution in [2.75, 3.05) is 19.0 Å². The number of rotatable bonds is 6. The summed E-state index contributed by atoms with van der Waals surface area (Å²) in [6, 6.07) is 16.3. The third-order valence-electron chi connectivity index (χ3n) is 10.5. The largest absolute Gasteiger partial charge is 0.494 e. The minimum Gasteiger partial charge on any atom is -0.494 e. The van der Waals surface area contributed by atoms with Gasteiger partial charge in [0.1, 0.15) is 16.9 Å². The van der Waals surface area contributed by atoms with Crippen LogP contribution in [0.25, 0.3) is 44.8 Å². The number of aromatic nitrogens is 4. The number of hydrogen-bond donors (Lipinski definition) is 2. The first-order chi connectivity index (χ1) is 21.9. The van der Waals surface area contributed by atoms with E-state index in [1.165, 1.54) is 12.8 Å². The first-order valence-electron chi connectivity index (χ1n) is 15.9. The molecule has 3 aromatic heterocycles. The van der Waals surface area contributed by atoms with Gasteiger partial charge in [0.2, 0.25) is 5.91 Å². The van der Waals surface area contributed by atoms with Crippen LogP contribution >= 0.6 is 0 Å². The average Bonchev–Trinajstić information content (AvgIpc) is 3.26. The number of benzene rings is 2. The van der Waals surface area contributed by atoms with Crippen molar-refractivity contribution in [3.8, 4) is 28.5 Å². The Bertz CT molecular complexity index is 2070. The Morgan fingerprint density at radius 3 is 2.69 bits per heavy atom. The number of imidazole rings is 1. The van der Waals surface area contributed by atoms with Crippen LogP contribution in [0.2, 0.25) is 0 Å². The molecule has 3 atom stereocenters. The molecule has 2 aliphatic heterocycles. The molecule has 45 heavy (non-hydrogen) atoms. The molecule has 2 bridgehead atoms. The molecule has 1 saturated heterocycles. The van der Waals surface area contributed by atoms with E-state index in [9.17, 15) is 9.59 Å². The van der Waals surface area contributed by atoms with Crippen LogP contribution in [0.15, 0.2) is 48.5 Å². The summed E-state index contributed by atoms with van der Waals surface area (Å²) in [4.78, 5) is 37.9. The SMILES string of the molecule is COc1cc(C(=O)N2C[C@H]3CC[C@@H]2[C@@H]3N)cc2nc(-c3cc4ccc(-c5ccc6c(c5)NC(=O)C6)nc4n3CC3CC3)n(C)c12. The highest BCUT2D eigenvalue weighted by Gasteiger charge is 2.47. The summed E-state index contributed by atoms with van der Waals surface area (Å²) in [5, 5.41) is 4.00. The van der Waals surface area contributed by atoms with Gasteiger partial charge in [-0.2, -0.15) is 0 Å². The number of carbonyl (C=O) groups excluding carboxylic acids is 2. The van der Waals surface area contributed by atoms with Crippen molar-refractivity contribution in [1.82, 2.24) is 24.0 Å². The number of pyridine rings is 1. The van der Waals surface area contributed by atoms with Crippen LogP contribution in [0.5, 0.6) is 5.75 Å². The van der Waals surface area contributed by atoms with Gasteiger partial charge in [0, 0.05) is 54.4 Å². The number of piperidine rings is 1. The van der Waals surface area contributed by atoms with E-state index in [0.29, 0.717) is 29.6 Å². The van der Waals surface area contributed by atoms with E-state index in [1.807, 2.05) is 48.3 Å². The lowest BCUT2D eigenvalue weighted by atomic mass is 10.1. The third-order valence-corrected chi connectivity index (χ3v) is 10.5. The summed E-state index contributed by atoms with van der Waals surface area (Å²) >= 11 is 0. The van der Waals surface area contributed by atoms with Crippen molar-refractivity contribution in [3.05, 3.63) is 59.7 Å². The van der Waals surface area contributed by atoms with Gasteiger partial charge in [-0.05, 0) is 79.5 Å². The first-order valence-corrected chi connectivity index (χ1v) is 15.9. The number of fused-ring (bicyclic) bond motifs is 5. The number of carbonyl (C=O) groups is 2. The molecule has 10 heteroatoms. The molecule has 3 N–H and O–H groups in total. The number of methoxy groups -OCH3 is 1. The molecular weight excluding hydrogens is 566 g/mol. The number of likely N-dealkylation sites (tertiary alicyclic amines) is 1. The Kier molecular flexibility index (Phi) is 5.72. The van der Waals surface area contributed by atoms with Gasteiger partial charge in [0.05, 0.1) is 30.4 Å². The van der Waals surface area contributed by atoms with Crippen molar-refractivity contribution < 1.29 is 14.3 Å². The van der Waals surface area contributed by atoms with Crippen LogP contribution in [-0.2, 0) is 24.8 Å². The molecule has 2 saturated carbocycles. The van der Waals surface area contributed by atoms with Crippen LogP contribution in [0.1, 0.15) is 41.6 Å². The topological polar surface area (TPSA) is 120 Å². The highest BCUT2D eigenvalue weighted by Crippen LogP contribution is 2.40. The molecule has 3 fully saturated rings. The van der Waals surface area contributed by atoms with E-state index in [0.717, 1.165) is 82.0 Å². The van der Waals surface area contributed by atoms with Crippen molar-refractivity contribution in [3.63, 3.8) is 0 Å². The highest BCUT2D eigenvalue weighted by atomic mass is 16.5. The third kappa shape index (κ3) is 4.11. The predicted octanol–water partition coefficient (Wildman–Crippen LogP) is 4.73. The van der Waals surface area contributed by atoms with E-state index in [4.69, 9.17) is 20.4 Å². The standard InChI is InChI=1S/C35H35N7O3/c1-40-32-26(12-23(14-29(32)45-2)35(44)42-17-22-8-10-27(42)31(22)36)39-34(40)28-13-21-7-9-24(38-33(21)41(28)16-18-3-4-18)19-5-6-20-15-30(43)37-25(20)11-19/h5-7,9,11-14,18,22,27,31H,3-4,8,10,15-17,36H2,1-2H3,(H,37,43)/t22-,27-,31-/m1/s1. The summed E-state index contributed by atoms with van der Waals surface area (Å²) in [6.07, 6.45) is 4.88. The van der Waals surface area contributed by atoms with Crippen molar-refractivity contribution in [1.29, 1.82) is 0 Å². The van der Waals surface area contributed by atoms with Crippen LogP contribution in [0.4, 0.5) is 5.69 Å². The molecule has 5 aromatic rings. The lowest BCUT2D eigenvalue weighted by Gasteiger charge is -2.27. The first kappa shape index (κ1) is 26.7. The molecule has 4 aliphatic rings. The summed E-state index contributed by atoms with van der Waals surface area (Å²) in [6.45, 7) is 1.58. The quantitative estimate of drug-likeness (QED) is 0.290. The van der Waals surface area contributed by atoms with Gasteiger partial charge < -0.3 is 29.8 Å². The highest BCUT2D eigenvalue weighted by molar-refractivity contribution is 6.01. The van der Waals surface area contributed by atoms with Gasteiger partial charge in [0.25, 0.3) is 5.91 Å². The second kappa shape index (κ2) is 9.65. The Morgan fingerprint density at radius 2 is 1.93 bits per heavy atom. The van der Waals surface area contributed by atoms with E-state index >= 15 is 0 Å². The zero-order chi connectivity index (χ0) is 30.6. The number of aryl methyl sites for hydroxylation is 1. The predicted molar refractivity (Wildman–Crippen MR) is 172 cm³/mol. The Hall–Kier alpha value is -4.70. The van der Waals surface area contributed by atoms with Gasteiger partial charge in [-0.3, -0.25) is 9.59 Å². The van der Waals surface area contributed by atoms with Gasteiger partial charge in [-0.25, -0.2) is 9.97 Å². The molecule has 228 valence electrons. The zero-order valence-electron chi connectivity index (χ0n) is 25.4. The van der Waals surface area contributed by atoms with Gasteiger partial charge >= 0.3 is 0 Å². The molecule has 5 heterocycles. The van der Waals surface area contributed by atoms with E-state index < -0.39 is 0 Å². The molecule has 2 amide bonds. The maximum absolute atomic E-state index is 13.7. The van der Waals surface area contributed by atoms with Crippen LogP contribution < -0.4 is 15.8 Å². The Morgan fingerprint density at radius 1 is 1.07 bits per heavy atom. The number of anilines is 1. The molecule has 0 radical (unpaired) electrons. The fourth-order valence-electron chi connectivity index (χ4n) is 7.86. The van der Waals surface area contributed by atoms with Crippen LogP contribution in [-0.4, -0.2) is 61.6 Å². The van der Waals surface area contributed by atoms with E-state index in [1.54, 1.807) is 7.11 Å². The maximum Gasteiger partial charge on any atom is 0.254 e. The number of amides is 2. The van der Waals surface area contributed by atoms with Gasteiger partial charge in [-0.1, -0.05) is 12.1 Å². The molecule has 0 spiro atoms. The Balaban J connectivity index is 1.14. The molecule has 0 unspecified atom stereocenters. The summed E-state index contributed by atoms with van der Waals surface area (Å²) < 4.78 is 10.2. The van der Waals surface area contributed by atoms with Crippen molar-refractivity contribution in [2.24, 2.45) is 24.6 Å². The number of nitrogens with one attached hydrogen (secondary N) is 1. The number of nitrogens with two attached hydrogens (primary N) is 1. The molecule has 2 aromatic carbocycles. The smallest absolute Gasteiger partial charge is 0.254 e. The van der Waals surface area contributed by atoms with E-state index in [2.05, 4.69) is 26.6 Å². The fourth-order valence-corrected chi connectivity index (χ4v) is 7.86. The minimum atomic E-state index is -0.00393. The zero-order valence-corrected chi connectivity index (χ0v) is 25.4. The van der Waals surface area contributed by atoms with Crippen molar-refractivity contribution in [2.45, 2.75) is 50.7 Å². The van der Waals surface area contributed by atoms with Gasteiger partial charge in [-0.15, -0.1) is 0 Å². The summed E-state index contributed by atoms with van der Waals surface area (Å²) in [7, 11) is 3.65. The normalized spacial score (nSPS) is 22.1. The lowest BCUT2D eigenvalue weighted by Crippen LogP contribution is -2.41. The van der Waals surface area contributed by atoms with Crippen molar-refractivity contribution >= 4 is 39.6 Å². The molecule has 10 nitrogen and oxygen atoms in total. The summed E-state index contributed by atoms with van der Waals surface area (Å²) in [5.74, 6) is 2.44. The number of ether oxygens (including phenoxy) is 1. The minimum absolute atomic E-state index is 0.00393. The monoisotopic (exact) mass is 601 g/mol. The molecular formula is C35H35N7O3. The van der Waals surface area contributed by atoms with Crippen LogP contribution in [0, 0.1) is 11.8 Å². The molecule has 9 rings (SSSR count). The van der Waals surface area contributed by atoms with Crippen LogP contribution in [0.3, 0.4) is 0 Å². The molecule has 2 aliphatic carbocycles. The average molecular weight is 602 g/mol. The van der Waals surface area contributed by atoms with E-state index in [-0.39, 0.29) is 23.9 Å². The maximum atomic E-state index is 13.7. The Labute approximate surface area is 260 Å².